The molecule has 0 aliphatic carbocycles. The van der Waals surface area contributed by atoms with E-state index in [1.54, 1.807) is 11.0 Å². The Balaban J connectivity index is 2.24. The number of fused-ring (bicyclic) bond motifs is 1. The van der Waals surface area contributed by atoms with E-state index in [9.17, 15) is 0 Å². The zero-order valence-electron chi connectivity index (χ0n) is 10.0. The molecule has 5 nitrogen and oxygen atoms in total. The zero-order chi connectivity index (χ0) is 12.4. The summed E-state index contributed by atoms with van der Waals surface area (Å²) in [6.07, 6.45) is 3.18. The molecule has 0 aliphatic heterocycles. The van der Waals surface area contributed by atoms with Crippen molar-refractivity contribution < 1.29 is 0 Å². The molecule has 0 atom stereocenters. The number of benzene rings is 1. The predicted molar refractivity (Wildman–Crippen MR) is 69.4 cm³/mol. The van der Waals surface area contributed by atoms with Gasteiger partial charge in [-0.15, -0.1) is 0 Å². The average molecular weight is 239 g/mol. The SMILES string of the molecule is CNCc1cc2ccccc2nc1-n1cncn1. The van der Waals surface area contributed by atoms with Crippen LogP contribution in [-0.4, -0.2) is 26.8 Å². The summed E-state index contributed by atoms with van der Waals surface area (Å²) in [7, 11) is 1.92. The Labute approximate surface area is 104 Å². The molecule has 1 aromatic carbocycles. The Morgan fingerprint density at radius 3 is 2.94 bits per heavy atom. The van der Waals surface area contributed by atoms with Crippen molar-refractivity contribution in [1.82, 2.24) is 25.1 Å². The van der Waals surface area contributed by atoms with E-state index in [0.717, 1.165) is 28.8 Å². The first kappa shape index (κ1) is 10.9. The van der Waals surface area contributed by atoms with Crippen LogP contribution in [0, 0.1) is 0 Å². The van der Waals surface area contributed by atoms with Crippen molar-refractivity contribution >= 4 is 10.9 Å². The van der Waals surface area contributed by atoms with E-state index in [1.165, 1.54) is 6.33 Å². The van der Waals surface area contributed by atoms with Gasteiger partial charge in [0.2, 0.25) is 0 Å². The largest absolute Gasteiger partial charge is 0.316 e. The van der Waals surface area contributed by atoms with Crippen LogP contribution in [0.4, 0.5) is 0 Å². The van der Waals surface area contributed by atoms with Gasteiger partial charge in [0.05, 0.1) is 5.52 Å². The summed E-state index contributed by atoms with van der Waals surface area (Å²) in [6, 6.07) is 10.2. The maximum absolute atomic E-state index is 4.66. The minimum Gasteiger partial charge on any atom is -0.316 e. The van der Waals surface area contributed by atoms with Gasteiger partial charge in [-0.2, -0.15) is 5.10 Å². The van der Waals surface area contributed by atoms with Gasteiger partial charge in [-0.3, -0.25) is 0 Å². The Bertz CT molecular complexity index is 660. The Kier molecular flexibility index (Phi) is 2.74. The first-order chi connectivity index (χ1) is 8.88. The third kappa shape index (κ3) is 1.84. The van der Waals surface area contributed by atoms with Crippen molar-refractivity contribution in [2.45, 2.75) is 6.54 Å². The lowest BCUT2D eigenvalue weighted by molar-refractivity contribution is 0.775. The highest BCUT2D eigenvalue weighted by atomic mass is 15.3. The summed E-state index contributed by atoms with van der Waals surface area (Å²) in [5.74, 6) is 0.820. The lowest BCUT2D eigenvalue weighted by Gasteiger charge is -2.09. The van der Waals surface area contributed by atoms with Crippen LogP contribution in [0.5, 0.6) is 0 Å². The van der Waals surface area contributed by atoms with Gasteiger partial charge in [0.15, 0.2) is 5.82 Å². The fraction of sp³-hybridized carbons (Fsp3) is 0.154. The van der Waals surface area contributed by atoms with Crippen LogP contribution >= 0.6 is 0 Å². The highest BCUT2D eigenvalue weighted by molar-refractivity contribution is 5.80. The second kappa shape index (κ2) is 4.54. The van der Waals surface area contributed by atoms with Gasteiger partial charge in [0.25, 0.3) is 0 Å². The maximum atomic E-state index is 4.66. The van der Waals surface area contributed by atoms with Crippen LogP contribution in [0.15, 0.2) is 43.0 Å². The standard InChI is InChI=1S/C13H13N5/c1-14-7-11-6-10-4-2-3-5-12(10)17-13(11)18-9-15-8-16-18/h2-6,8-9,14H,7H2,1H3. The van der Waals surface area contributed by atoms with E-state index in [2.05, 4.69) is 32.5 Å². The molecule has 18 heavy (non-hydrogen) atoms. The van der Waals surface area contributed by atoms with Gasteiger partial charge < -0.3 is 5.32 Å². The topological polar surface area (TPSA) is 55.6 Å². The lowest BCUT2D eigenvalue weighted by atomic mass is 10.1. The van der Waals surface area contributed by atoms with E-state index in [-0.39, 0.29) is 0 Å². The molecular formula is C13H13N5. The number of aromatic nitrogens is 4. The normalized spacial score (nSPS) is 10.9. The van der Waals surface area contributed by atoms with E-state index >= 15 is 0 Å². The van der Waals surface area contributed by atoms with E-state index in [1.807, 2.05) is 25.2 Å². The molecule has 0 radical (unpaired) electrons. The molecule has 3 aromatic rings. The number of nitrogens with one attached hydrogen (secondary N) is 1. The van der Waals surface area contributed by atoms with Gasteiger partial charge in [-0.1, -0.05) is 18.2 Å². The summed E-state index contributed by atoms with van der Waals surface area (Å²) >= 11 is 0. The van der Waals surface area contributed by atoms with Crippen molar-refractivity contribution in [3.05, 3.63) is 48.5 Å². The molecule has 1 N–H and O–H groups in total. The molecule has 0 saturated carbocycles. The molecule has 0 fully saturated rings. The van der Waals surface area contributed by atoms with Gasteiger partial charge in [-0.05, 0) is 19.2 Å². The maximum Gasteiger partial charge on any atom is 0.160 e. The minimum absolute atomic E-state index is 0.743. The highest BCUT2D eigenvalue weighted by Crippen LogP contribution is 2.18. The van der Waals surface area contributed by atoms with E-state index in [4.69, 9.17) is 0 Å². The van der Waals surface area contributed by atoms with Gasteiger partial charge in [0.1, 0.15) is 12.7 Å². The number of hydrogen-bond donors (Lipinski definition) is 1. The van der Waals surface area contributed by atoms with Crippen molar-refractivity contribution in [2.24, 2.45) is 0 Å². The number of para-hydroxylation sites is 1. The highest BCUT2D eigenvalue weighted by Gasteiger charge is 2.08. The molecule has 90 valence electrons. The smallest absolute Gasteiger partial charge is 0.160 e. The first-order valence-electron chi connectivity index (χ1n) is 5.77. The fourth-order valence-electron chi connectivity index (χ4n) is 1.99. The fourth-order valence-corrected chi connectivity index (χ4v) is 1.99. The molecule has 0 unspecified atom stereocenters. The Hall–Kier alpha value is -2.27. The molecule has 2 aromatic heterocycles. The van der Waals surface area contributed by atoms with Crippen LogP contribution < -0.4 is 5.32 Å². The number of pyridine rings is 1. The molecule has 5 heteroatoms. The molecule has 0 bridgehead atoms. The predicted octanol–water partition coefficient (Wildman–Crippen LogP) is 1.53. The molecule has 3 rings (SSSR count). The molecular weight excluding hydrogens is 226 g/mol. The van der Waals surface area contributed by atoms with Crippen LogP contribution in [0.1, 0.15) is 5.56 Å². The summed E-state index contributed by atoms with van der Waals surface area (Å²) < 4.78 is 1.69. The average Bonchev–Trinajstić information content (AvgIpc) is 2.92. The molecule has 0 spiro atoms. The minimum atomic E-state index is 0.743. The monoisotopic (exact) mass is 239 g/mol. The number of rotatable bonds is 3. The first-order valence-corrected chi connectivity index (χ1v) is 5.77. The Morgan fingerprint density at radius 2 is 2.17 bits per heavy atom. The summed E-state index contributed by atoms with van der Waals surface area (Å²) in [4.78, 5) is 8.63. The van der Waals surface area contributed by atoms with Crippen LogP contribution in [0.2, 0.25) is 0 Å². The van der Waals surface area contributed by atoms with Crippen molar-refractivity contribution in [2.75, 3.05) is 7.05 Å². The zero-order valence-corrected chi connectivity index (χ0v) is 10.0. The van der Waals surface area contributed by atoms with Crippen LogP contribution in [0.3, 0.4) is 0 Å². The number of nitrogens with zero attached hydrogens (tertiary/aromatic N) is 4. The Morgan fingerprint density at radius 1 is 1.28 bits per heavy atom. The molecule has 0 aliphatic rings. The second-order valence-electron chi connectivity index (χ2n) is 4.03. The summed E-state index contributed by atoms with van der Waals surface area (Å²) in [6.45, 7) is 0.743. The van der Waals surface area contributed by atoms with Crippen molar-refractivity contribution in [1.29, 1.82) is 0 Å². The quantitative estimate of drug-likeness (QED) is 0.753. The van der Waals surface area contributed by atoms with Crippen LogP contribution in [0.25, 0.3) is 16.7 Å². The third-order valence-corrected chi connectivity index (χ3v) is 2.78. The summed E-state index contributed by atoms with van der Waals surface area (Å²) in [5, 5.41) is 8.43. The van der Waals surface area contributed by atoms with E-state index < -0.39 is 0 Å². The van der Waals surface area contributed by atoms with Crippen LogP contribution in [-0.2, 0) is 6.54 Å². The third-order valence-electron chi connectivity index (χ3n) is 2.78. The number of hydrogen-bond acceptors (Lipinski definition) is 4. The van der Waals surface area contributed by atoms with Gasteiger partial charge >= 0.3 is 0 Å². The van der Waals surface area contributed by atoms with Gasteiger partial charge in [-0.25, -0.2) is 14.6 Å². The van der Waals surface area contributed by atoms with Crippen molar-refractivity contribution in [3.8, 4) is 5.82 Å². The molecule has 0 saturated heterocycles. The summed E-state index contributed by atoms with van der Waals surface area (Å²) in [5.41, 5.74) is 2.06. The van der Waals surface area contributed by atoms with Gasteiger partial charge in [0, 0.05) is 17.5 Å². The second-order valence-corrected chi connectivity index (χ2v) is 4.03. The molecule has 2 heterocycles. The van der Waals surface area contributed by atoms with E-state index in [0.29, 0.717) is 0 Å². The van der Waals surface area contributed by atoms with Crippen molar-refractivity contribution in [3.63, 3.8) is 0 Å². The molecule has 0 amide bonds. The lowest BCUT2D eigenvalue weighted by Crippen LogP contribution is -2.11.